The van der Waals surface area contributed by atoms with Crippen LogP contribution < -0.4 is 5.32 Å². The van der Waals surface area contributed by atoms with E-state index in [4.69, 9.17) is 0 Å². The van der Waals surface area contributed by atoms with Crippen LogP contribution in [0.4, 0.5) is 5.69 Å². The van der Waals surface area contributed by atoms with Crippen LogP contribution in [0.3, 0.4) is 0 Å². The van der Waals surface area contributed by atoms with Crippen molar-refractivity contribution in [2.24, 2.45) is 0 Å². The highest BCUT2D eigenvalue weighted by molar-refractivity contribution is 5.69. The lowest BCUT2D eigenvalue weighted by Gasteiger charge is -2.13. The minimum Gasteiger partial charge on any atom is -0.356 e. The zero-order valence-electron chi connectivity index (χ0n) is 14.4. The molecule has 0 radical (unpaired) electrons. The summed E-state index contributed by atoms with van der Waals surface area (Å²) in [6.45, 7) is 8.14. The Balaban J connectivity index is 1.79. The number of allylic oxidation sites excluding steroid dienone is 7. The minimum absolute atomic E-state index is 0.950. The Labute approximate surface area is 150 Å². The van der Waals surface area contributed by atoms with Gasteiger partial charge in [-0.05, 0) is 59.4 Å². The van der Waals surface area contributed by atoms with E-state index in [2.05, 4.69) is 91.3 Å². The Hall–Kier alpha value is -3.06. The van der Waals surface area contributed by atoms with Crippen LogP contribution in [0.25, 0.3) is 11.1 Å². The van der Waals surface area contributed by atoms with Gasteiger partial charge in [-0.2, -0.15) is 0 Å². The molecule has 0 aromatic heterocycles. The Kier molecular flexibility index (Phi) is 5.48. The summed E-state index contributed by atoms with van der Waals surface area (Å²) in [6, 6.07) is 18.8. The summed E-state index contributed by atoms with van der Waals surface area (Å²) in [7, 11) is 0. The molecule has 1 aliphatic rings. The second-order valence-corrected chi connectivity index (χ2v) is 6.06. The minimum atomic E-state index is 0.950. The molecule has 1 nitrogen and oxygen atoms in total. The Bertz CT molecular complexity index is 851. The Morgan fingerprint density at radius 3 is 2.52 bits per heavy atom. The predicted molar refractivity (Wildman–Crippen MR) is 109 cm³/mol. The van der Waals surface area contributed by atoms with Crippen LogP contribution in [0.5, 0.6) is 0 Å². The van der Waals surface area contributed by atoms with Crippen LogP contribution in [0.15, 0.2) is 115 Å². The highest BCUT2D eigenvalue weighted by Crippen LogP contribution is 2.25. The molecule has 2 aromatic carbocycles. The van der Waals surface area contributed by atoms with Gasteiger partial charge in [-0.1, -0.05) is 73.9 Å². The summed E-state index contributed by atoms with van der Waals surface area (Å²) < 4.78 is 0. The molecule has 1 aliphatic carbocycles. The lowest BCUT2D eigenvalue weighted by Crippen LogP contribution is -1.99. The first-order valence-corrected chi connectivity index (χ1v) is 8.58. The van der Waals surface area contributed by atoms with Crippen LogP contribution in [-0.2, 0) is 0 Å². The molecule has 1 heteroatoms. The van der Waals surface area contributed by atoms with E-state index >= 15 is 0 Å². The van der Waals surface area contributed by atoms with Gasteiger partial charge >= 0.3 is 0 Å². The van der Waals surface area contributed by atoms with Crippen LogP contribution in [0, 0.1) is 0 Å². The second-order valence-electron chi connectivity index (χ2n) is 6.06. The molecule has 124 valence electrons. The Morgan fingerprint density at radius 1 is 1.00 bits per heavy atom. The van der Waals surface area contributed by atoms with Crippen LogP contribution >= 0.6 is 0 Å². The van der Waals surface area contributed by atoms with Crippen molar-refractivity contribution in [2.45, 2.75) is 12.8 Å². The molecule has 0 aliphatic heterocycles. The van der Waals surface area contributed by atoms with E-state index in [9.17, 15) is 0 Å². The first-order valence-electron chi connectivity index (χ1n) is 8.58. The number of benzene rings is 2. The zero-order chi connectivity index (χ0) is 17.5. The number of nitrogens with one attached hydrogen (secondary N) is 1. The van der Waals surface area contributed by atoms with Gasteiger partial charge in [-0.3, -0.25) is 0 Å². The number of hydrogen-bond donors (Lipinski definition) is 1. The lowest BCUT2D eigenvalue weighted by atomic mass is 9.97. The topological polar surface area (TPSA) is 12.0 Å². The van der Waals surface area contributed by atoms with E-state index in [1.165, 1.54) is 16.7 Å². The van der Waals surface area contributed by atoms with E-state index in [0.29, 0.717) is 0 Å². The fraction of sp³-hybridized carbons (Fsp3) is 0.0833. The molecule has 3 rings (SSSR count). The van der Waals surface area contributed by atoms with E-state index in [1.807, 2.05) is 12.1 Å². The molecule has 0 spiro atoms. The van der Waals surface area contributed by atoms with Gasteiger partial charge < -0.3 is 5.32 Å². The van der Waals surface area contributed by atoms with Gasteiger partial charge in [-0.25, -0.2) is 0 Å². The molecule has 2 aromatic rings. The fourth-order valence-electron chi connectivity index (χ4n) is 2.87. The summed E-state index contributed by atoms with van der Waals surface area (Å²) in [4.78, 5) is 0. The van der Waals surface area contributed by atoms with E-state index in [0.717, 1.165) is 29.8 Å². The average Bonchev–Trinajstić information content (AvgIpc) is 2.69. The molecule has 0 saturated carbocycles. The maximum absolute atomic E-state index is 4.21. The first-order chi connectivity index (χ1) is 12.3. The van der Waals surface area contributed by atoms with E-state index < -0.39 is 0 Å². The van der Waals surface area contributed by atoms with Gasteiger partial charge in [0, 0.05) is 11.4 Å². The predicted octanol–water partition coefficient (Wildman–Crippen LogP) is 6.67. The largest absolute Gasteiger partial charge is 0.356 e. The molecule has 0 unspecified atom stereocenters. The van der Waals surface area contributed by atoms with Crippen molar-refractivity contribution in [2.75, 3.05) is 5.32 Å². The molecular formula is C24H23N. The fourth-order valence-corrected chi connectivity index (χ4v) is 2.87. The highest BCUT2D eigenvalue weighted by atomic mass is 14.9. The average molecular weight is 325 g/mol. The monoisotopic (exact) mass is 325 g/mol. The van der Waals surface area contributed by atoms with E-state index in [-0.39, 0.29) is 0 Å². The summed E-state index contributed by atoms with van der Waals surface area (Å²) >= 11 is 0. The first kappa shape index (κ1) is 16.8. The third-order valence-corrected chi connectivity index (χ3v) is 4.23. The van der Waals surface area contributed by atoms with Gasteiger partial charge in [0.1, 0.15) is 0 Å². The van der Waals surface area contributed by atoms with Gasteiger partial charge in [0.25, 0.3) is 0 Å². The van der Waals surface area contributed by atoms with Crippen molar-refractivity contribution >= 4 is 5.69 Å². The van der Waals surface area contributed by atoms with Crippen molar-refractivity contribution in [3.63, 3.8) is 0 Å². The number of hydrogen-bond acceptors (Lipinski definition) is 1. The highest BCUT2D eigenvalue weighted by Gasteiger charge is 2.04. The maximum atomic E-state index is 4.21. The lowest BCUT2D eigenvalue weighted by molar-refractivity contribution is 0.979. The molecule has 0 atom stereocenters. The van der Waals surface area contributed by atoms with Crippen LogP contribution in [0.2, 0.25) is 0 Å². The quantitative estimate of drug-likeness (QED) is 0.585. The third kappa shape index (κ3) is 4.48. The third-order valence-electron chi connectivity index (χ3n) is 4.23. The molecule has 0 heterocycles. The standard InChI is InChI=1S/C24H23N/c1-3-23(17-19(2)20-11-6-4-7-12-20)25-24-16-10-15-22(18-24)21-13-8-5-9-14-21/h3-6,8-11,13-18,25H,1-2,7,12H2/b23-17+. The number of rotatable bonds is 6. The van der Waals surface area contributed by atoms with Crippen molar-refractivity contribution < 1.29 is 0 Å². The van der Waals surface area contributed by atoms with Crippen molar-refractivity contribution in [3.8, 4) is 11.1 Å². The van der Waals surface area contributed by atoms with Crippen molar-refractivity contribution in [1.82, 2.24) is 0 Å². The molecule has 0 fully saturated rings. The second kappa shape index (κ2) is 8.16. The SMILES string of the molecule is C=C/C(=C\C(=C)C1=CC=CCC1)Nc1cccc(-c2ccccc2)c1. The molecule has 25 heavy (non-hydrogen) atoms. The summed E-state index contributed by atoms with van der Waals surface area (Å²) in [5.74, 6) is 0. The van der Waals surface area contributed by atoms with Gasteiger partial charge in [-0.15, -0.1) is 0 Å². The maximum Gasteiger partial charge on any atom is 0.0390 e. The summed E-state index contributed by atoms with van der Waals surface area (Å²) in [6.07, 6.45) is 12.4. The smallest absolute Gasteiger partial charge is 0.0390 e. The van der Waals surface area contributed by atoms with Gasteiger partial charge in [0.05, 0.1) is 0 Å². The van der Waals surface area contributed by atoms with Crippen molar-refractivity contribution in [3.05, 3.63) is 115 Å². The summed E-state index contributed by atoms with van der Waals surface area (Å²) in [5, 5.41) is 3.45. The van der Waals surface area contributed by atoms with Gasteiger partial charge in [0.2, 0.25) is 0 Å². The van der Waals surface area contributed by atoms with Crippen molar-refractivity contribution in [1.29, 1.82) is 0 Å². The van der Waals surface area contributed by atoms with Crippen LogP contribution in [0.1, 0.15) is 12.8 Å². The molecule has 0 amide bonds. The number of anilines is 1. The Morgan fingerprint density at radius 2 is 1.80 bits per heavy atom. The normalized spacial score (nSPS) is 13.9. The molecular weight excluding hydrogens is 302 g/mol. The summed E-state index contributed by atoms with van der Waals surface area (Å²) in [5.41, 5.74) is 6.70. The molecule has 1 N–H and O–H groups in total. The zero-order valence-corrected chi connectivity index (χ0v) is 14.4. The molecule has 0 saturated heterocycles. The van der Waals surface area contributed by atoms with Gasteiger partial charge in [0.15, 0.2) is 0 Å². The van der Waals surface area contributed by atoms with E-state index in [1.54, 1.807) is 0 Å². The molecule has 0 bridgehead atoms. The van der Waals surface area contributed by atoms with Crippen LogP contribution in [-0.4, -0.2) is 0 Å².